The Morgan fingerprint density at radius 3 is 2.62 bits per heavy atom. The van der Waals surface area contributed by atoms with Crippen molar-refractivity contribution in [3.05, 3.63) is 24.0 Å². The van der Waals surface area contributed by atoms with Gasteiger partial charge in [0.1, 0.15) is 11.4 Å². The first kappa shape index (κ1) is 9.51. The molecule has 1 aromatic heterocycles. The standard InChI is InChI=1S/C9H11NO3/c1-6(2)13-7-3-4-8(9(11)12)10-5-7/h3-6H,1-2H3,(H,11,12). The lowest BCUT2D eigenvalue weighted by Gasteiger charge is -2.08. The molecular formula is C9H11NO3. The molecule has 0 atom stereocenters. The summed E-state index contributed by atoms with van der Waals surface area (Å²) in [6.45, 7) is 3.79. The van der Waals surface area contributed by atoms with Gasteiger partial charge >= 0.3 is 5.97 Å². The zero-order valence-electron chi connectivity index (χ0n) is 7.52. The van der Waals surface area contributed by atoms with Crippen LogP contribution >= 0.6 is 0 Å². The molecule has 0 radical (unpaired) electrons. The summed E-state index contributed by atoms with van der Waals surface area (Å²) in [5.41, 5.74) is 0.0242. The molecule has 70 valence electrons. The van der Waals surface area contributed by atoms with Gasteiger partial charge in [0.05, 0.1) is 12.3 Å². The molecule has 1 aromatic rings. The number of aromatic carboxylic acids is 1. The van der Waals surface area contributed by atoms with Gasteiger partial charge in [0, 0.05) is 0 Å². The van der Waals surface area contributed by atoms with Crippen LogP contribution in [0.15, 0.2) is 18.3 Å². The van der Waals surface area contributed by atoms with Crippen LogP contribution in [0.1, 0.15) is 24.3 Å². The molecule has 0 amide bonds. The summed E-state index contributed by atoms with van der Waals surface area (Å²) in [5.74, 6) is -0.448. The molecule has 0 aromatic carbocycles. The zero-order chi connectivity index (χ0) is 9.84. The van der Waals surface area contributed by atoms with Gasteiger partial charge in [-0.3, -0.25) is 0 Å². The Bertz CT molecular complexity index is 292. The average Bonchev–Trinajstić information content (AvgIpc) is 2.04. The van der Waals surface area contributed by atoms with Crippen LogP contribution in [-0.2, 0) is 0 Å². The van der Waals surface area contributed by atoms with E-state index >= 15 is 0 Å². The van der Waals surface area contributed by atoms with Crippen molar-refractivity contribution in [2.45, 2.75) is 20.0 Å². The van der Waals surface area contributed by atoms with E-state index in [0.717, 1.165) is 0 Å². The summed E-state index contributed by atoms with van der Waals surface area (Å²) in [6, 6.07) is 3.01. The summed E-state index contributed by atoms with van der Waals surface area (Å²) in [6.07, 6.45) is 1.47. The van der Waals surface area contributed by atoms with Crippen LogP contribution in [0.25, 0.3) is 0 Å². The van der Waals surface area contributed by atoms with Crippen LogP contribution in [0, 0.1) is 0 Å². The number of pyridine rings is 1. The Morgan fingerprint density at radius 2 is 2.23 bits per heavy atom. The molecule has 1 rings (SSSR count). The largest absolute Gasteiger partial charge is 0.489 e. The molecule has 0 aliphatic heterocycles. The number of hydrogen-bond acceptors (Lipinski definition) is 3. The topological polar surface area (TPSA) is 59.4 Å². The van der Waals surface area contributed by atoms with Crippen molar-refractivity contribution in [2.24, 2.45) is 0 Å². The van der Waals surface area contributed by atoms with Gasteiger partial charge in [0.25, 0.3) is 0 Å². The van der Waals surface area contributed by atoms with Crippen LogP contribution < -0.4 is 4.74 Å². The Labute approximate surface area is 76.2 Å². The molecule has 0 bridgehead atoms. The number of carboxylic acids is 1. The van der Waals surface area contributed by atoms with Crippen LogP contribution in [0.2, 0.25) is 0 Å². The fraction of sp³-hybridized carbons (Fsp3) is 0.333. The van der Waals surface area contributed by atoms with Crippen LogP contribution in [-0.4, -0.2) is 22.2 Å². The third-order valence-electron chi connectivity index (χ3n) is 1.33. The first-order valence-corrected chi connectivity index (χ1v) is 3.95. The lowest BCUT2D eigenvalue weighted by molar-refractivity contribution is 0.0690. The van der Waals surface area contributed by atoms with E-state index in [9.17, 15) is 4.79 Å². The second kappa shape index (κ2) is 3.89. The molecule has 1 heterocycles. The van der Waals surface area contributed by atoms with Crippen molar-refractivity contribution < 1.29 is 14.6 Å². The van der Waals surface area contributed by atoms with E-state index < -0.39 is 5.97 Å². The molecular weight excluding hydrogens is 170 g/mol. The fourth-order valence-corrected chi connectivity index (χ4v) is 0.849. The van der Waals surface area contributed by atoms with Crippen molar-refractivity contribution in [2.75, 3.05) is 0 Å². The van der Waals surface area contributed by atoms with Crippen molar-refractivity contribution in [3.8, 4) is 5.75 Å². The lowest BCUT2D eigenvalue weighted by Crippen LogP contribution is -2.06. The van der Waals surface area contributed by atoms with Crippen molar-refractivity contribution in [1.29, 1.82) is 0 Å². The zero-order valence-corrected chi connectivity index (χ0v) is 7.52. The first-order chi connectivity index (χ1) is 6.09. The van der Waals surface area contributed by atoms with Gasteiger partial charge in [-0.05, 0) is 26.0 Å². The van der Waals surface area contributed by atoms with Gasteiger partial charge in [-0.25, -0.2) is 9.78 Å². The number of aromatic nitrogens is 1. The predicted molar refractivity (Wildman–Crippen MR) is 47.0 cm³/mol. The first-order valence-electron chi connectivity index (χ1n) is 3.95. The van der Waals surface area contributed by atoms with Gasteiger partial charge in [0.2, 0.25) is 0 Å². The Morgan fingerprint density at radius 1 is 1.54 bits per heavy atom. The number of ether oxygens (including phenoxy) is 1. The van der Waals surface area contributed by atoms with Crippen molar-refractivity contribution >= 4 is 5.97 Å². The molecule has 0 saturated carbocycles. The van der Waals surface area contributed by atoms with Gasteiger partial charge in [-0.15, -0.1) is 0 Å². The van der Waals surface area contributed by atoms with Crippen molar-refractivity contribution in [1.82, 2.24) is 4.98 Å². The second-order valence-corrected chi connectivity index (χ2v) is 2.85. The summed E-state index contributed by atoms with van der Waals surface area (Å²) < 4.78 is 5.29. The predicted octanol–water partition coefficient (Wildman–Crippen LogP) is 1.57. The van der Waals surface area contributed by atoms with E-state index in [1.807, 2.05) is 13.8 Å². The van der Waals surface area contributed by atoms with Crippen LogP contribution in [0.3, 0.4) is 0 Å². The summed E-state index contributed by atoms with van der Waals surface area (Å²) in [4.78, 5) is 14.1. The van der Waals surface area contributed by atoms with E-state index in [4.69, 9.17) is 9.84 Å². The maximum absolute atomic E-state index is 10.4. The molecule has 0 saturated heterocycles. The molecule has 1 N–H and O–H groups in total. The second-order valence-electron chi connectivity index (χ2n) is 2.85. The summed E-state index contributed by atoms with van der Waals surface area (Å²) in [7, 11) is 0. The summed E-state index contributed by atoms with van der Waals surface area (Å²) in [5, 5.41) is 8.55. The quantitative estimate of drug-likeness (QED) is 0.768. The van der Waals surface area contributed by atoms with Crippen LogP contribution in [0.4, 0.5) is 0 Å². The molecule has 0 unspecified atom stereocenters. The Balaban J connectivity index is 2.75. The number of hydrogen-bond donors (Lipinski definition) is 1. The Hall–Kier alpha value is -1.58. The molecule has 0 aliphatic carbocycles. The SMILES string of the molecule is CC(C)Oc1ccc(C(=O)O)nc1. The van der Waals surface area contributed by atoms with E-state index in [-0.39, 0.29) is 11.8 Å². The maximum Gasteiger partial charge on any atom is 0.354 e. The van der Waals surface area contributed by atoms with Crippen LogP contribution in [0.5, 0.6) is 5.75 Å². The minimum atomic E-state index is -1.03. The third kappa shape index (κ3) is 2.74. The van der Waals surface area contributed by atoms with E-state index in [0.29, 0.717) is 5.75 Å². The highest BCUT2D eigenvalue weighted by Crippen LogP contribution is 2.10. The van der Waals surface area contributed by atoms with Gasteiger partial charge in [-0.2, -0.15) is 0 Å². The monoisotopic (exact) mass is 181 g/mol. The number of carboxylic acid groups (broad SMARTS) is 1. The molecule has 13 heavy (non-hydrogen) atoms. The van der Waals surface area contributed by atoms with E-state index in [1.54, 1.807) is 6.07 Å². The maximum atomic E-state index is 10.4. The number of nitrogens with zero attached hydrogens (tertiary/aromatic N) is 1. The number of carbonyl (C=O) groups is 1. The van der Waals surface area contributed by atoms with E-state index in [1.165, 1.54) is 12.3 Å². The third-order valence-corrected chi connectivity index (χ3v) is 1.33. The van der Waals surface area contributed by atoms with Gasteiger partial charge in [0.15, 0.2) is 0 Å². The molecule has 4 nitrogen and oxygen atoms in total. The highest BCUT2D eigenvalue weighted by Gasteiger charge is 2.04. The molecule has 0 aliphatic rings. The molecule has 0 fully saturated rings. The van der Waals surface area contributed by atoms with Gasteiger partial charge < -0.3 is 9.84 Å². The molecule has 0 spiro atoms. The molecule has 4 heteroatoms. The normalized spacial score (nSPS) is 10.1. The highest BCUT2D eigenvalue weighted by molar-refractivity contribution is 5.85. The average molecular weight is 181 g/mol. The lowest BCUT2D eigenvalue weighted by atomic mass is 10.3. The minimum absolute atomic E-state index is 0.0242. The Kier molecular flexibility index (Phi) is 2.84. The fourth-order valence-electron chi connectivity index (χ4n) is 0.849. The smallest absolute Gasteiger partial charge is 0.354 e. The number of rotatable bonds is 3. The van der Waals surface area contributed by atoms with Crippen molar-refractivity contribution in [3.63, 3.8) is 0 Å². The minimum Gasteiger partial charge on any atom is -0.489 e. The van der Waals surface area contributed by atoms with Gasteiger partial charge in [-0.1, -0.05) is 0 Å². The summed E-state index contributed by atoms with van der Waals surface area (Å²) >= 11 is 0. The highest BCUT2D eigenvalue weighted by atomic mass is 16.5. The van der Waals surface area contributed by atoms with E-state index in [2.05, 4.69) is 4.98 Å².